The van der Waals surface area contributed by atoms with Gasteiger partial charge in [0.25, 0.3) is 0 Å². The van der Waals surface area contributed by atoms with Gasteiger partial charge in [0.1, 0.15) is 0 Å². The molecule has 2 aromatic carbocycles. The molecule has 0 radical (unpaired) electrons. The van der Waals surface area contributed by atoms with Gasteiger partial charge < -0.3 is 0 Å². The molecule has 0 heterocycles. The van der Waals surface area contributed by atoms with E-state index in [2.05, 4.69) is 12.6 Å². The van der Waals surface area contributed by atoms with E-state index >= 15 is 0 Å². The predicted molar refractivity (Wildman–Crippen MR) is 66.7 cm³/mol. The molecular formula is C13H12OS. The third kappa shape index (κ3) is 2.05. The normalized spacial score (nSPS) is 10.5. The molecular weight excluding hydrogens is 204 g/mol. The Kier molecular flexibility index (Phi) is 3.07. The van der Waals surface area contributed by atoms with Gasteiger partial charge in [-0.25, -0.2) is 0 Å². The van der Waals surface area contributed by atoms with Gasteiger partial charge >= 0.3 is 0 Å². The van der Waals surface area contributed by atoms with Gasteiger partial charge in [-0.15, -0.1) is 0 Å². The molecule has 0 unspecified atom stereocenters. The molecule has 1 nitrogen and oxygen atoms in total. The number of fused-ring (bicyclic) bond motifs is 1. The molecule has 76 valence electrons. The van der Waals surface area contributed by atoms with E-state index in [0.717, 1.165) is 16.3 Å². The summed E-state index contributed by atoms with van der Waals surface area (Å²) in [7, 11) is 0. The molecule has 0 bridgehead atoms. The quantitative estimate of drug-likeness (QED) is 0.615. The van der Waals surface area contributed by atoms with Crippen molar-refractivity contribution in [1.82, 2.24) is 0 Å². The van der Waals surface area contributed by atoms with Crippen LogP contribution in [0.15, 0.2) is 42.5 Å². The lowest BCUT2D eigenvalue weighted by Gasteiger charge is -2.04. The summed E-state index contributed by atoms with van der Waals surface area (Å²) >= 11 is 4.08. The smallest absolute Gasteiger partial charge is 0.164 e. The van der Waals surface area contributed by atoms with E-state index in [1.807, 2.05) is 42.5 Å². The van der Waals surface area contributed by atoms with Crippen molar-refractivity contribution >= 4 is 29.2 Å². The molecule has 2 rings (SSSR count). The molecule has 2 heteroatoms. The number of hydrogen-bond acceptors (Lipinski definition) is 2. The van der Waals surface area contributed by atoms with Crippen LogP contribution in [0.3, 0.4) is 0 Å². The molecule has 0 saturated heterocycles. The predicted octanol–water partition coefficient (Wildman–Crippen LogP) is 3.34. The van der Waals surface area contributed by atoms with Gasteiger partial charge in [-0.05, 0) is 16.5 Å². The SMILES string of the molecule is O=C(CCS)c1cccc2ccccc12. The number of carbonyl (C=O) groups excluding carboxylic acids is 1. The largest absolute Gasteiger partial charge is 0.294 e. The van der Waals surface area contributed by atoms with Crippen LogP contribution in [0, 0.1) is 0 Å². The fraction of sp³-hybridized carbons (Fsp3) is 0.154. The molecule has 0 N–H and O–H groups in total. The molecule has 0 saturated carbocycles. The maximum absolute atomic E-state index is 11.8. The maximum Gasteiger partial charge on any atom is 0.164 e. The Morgan fingerprint density at radius 1 is 1.07 bits per heavy atom. The van der Waals surface area contributed by atoms with Crippen LogP contribution in [-0.4, -0.2) is 11.5 Å². The van der Waals surface area contributed by atoms with Crippen LogP contribution in [-0.2, 0) is 0 Å². The summed E-state index contributed by atoms with van der Waals surface area (Å²) in [5.41, 5.74) is 0.808. The molecule has 0 aliphatic heterocycles. The second-order valence-electron chi connectivity index (χ2n) is 3.42. The Bertz CT molecular complexity index is 485. The number of ketones is 1. The van der Waals surface area contributed by atoms with Crippen molar-refractivity contribution in [1.29, 1.82) is 0 Å². The van der Waals surface area contributed by atoms with Gasteiger partial charge in [0, 0.05) is 12.0 Å². The number of hydrogen-bond donors (Lipinski definition) is 1. The zero-order chi connectivity index (χ0) is 10.7. The van der Waals surface area contributed by atoms with E-state index in [4.69, 9.17) is 0 Å². The average molecular weight is 216 g/mol. The minimum atomic E-state index is 0.168. The first-order chi connectivity index (χ1) is 7.33. The third-order valence-electron chi connectivity index (χ3n) is 2.43. The summed E-state index contributed by atoms with van der Waals surface area (Å²) in [5, 5.41) is 2.15. The van der Waals surface area contributed by atoms with Gasteiger partial charge in [0.05, 0.1) is 0 Å². The van der Waals surface area contributed by atoms with E-state index in [1.54, 1.807) is 0 Å². The lowest BCUT2D eigenvalue weighted by Crippen LogP contribution is -2.00. The molecule has 0 spiro atoms. The maximum atomic E-state index is 11.8. The molecule has 15 heavy (non-hydrogen) atoms. The highest BCUT2D eigenvalue weighted by Gasteiger charge is 2.07. The van der Waals surface area contributed by atoms with E-state index in [0.29, 0.717) is 12.2 Å². The third-order valence-corrected chi connectivity index (χ3v) is 2.65. The van der Waals surface area contributed by atoms with Crippen LogP contribution in [0.25, 0.3) is 10.8 Å². The van der Waals surface area contributed by atoms with E-state index in [-0.39, 0.29) is 5.78 Å². The van der Waals surface area contributed by atoms with Crippen molar-refractivity contribution in [2.45, 2.75) is 6.42 Å². The van der Waals surface area contributed by atoms with E-state index in [1.165, 1.54) is 0 Å². The first kappa shape index (κ1) is 10.2. The average Bonchev–Trinajstić information content (AvgIpc) is 2.28. The second-order valence-corrected chi connectivity index (χ2v) is 3.87. The Balaban J connectivity index is 2.56. The highest BCUT2D eigenvalue weighted by molar-refractivity contribution is 7.80. The fourth-order valence-electron chi connectivity index (χ4n) is 1.70. The van der Waals surface area contributed by atoms with E-state index < -0.39 is 0 Å². The summed E-state index contributed by atoms with van der Waals surface area (Å²) in [4.78, 5) is 11.8. The summed E-state index contributed by atoms with van der Waals surface area (Å²) in [6.07, 6.45) is 0.497. The standard InChI is InChI=1S/C13H12OS/c14-13(8-9-15)12-7-3-5-10-4-1-2-6-11(10)12/h1-7,15H,8-9H2. The number of Topliss-reactive ketones (excluding diaryl/α,β-unsaturated/α-hetero) is 1. The van der Waals surface area contributed by atoms with Crippen LogP contribution in [0.2, 0.25) is 0 Å². The van der Waals surface area contributed by atoms with Crippen LogP contribution < -0.4 is 0 Å². The van der Waals surface area contributed by atoms with Gasteiger partial charge in [0.2, 0.25) is 0 Å². The molecule has 0 aliphatic rings. The van der Waals surface area contributed by atoms with Crippen molar-refractivity contribution in [3.63, 3.8) is 0 Å². The van der Waals surface area contributed by atoms with Gasteiger partial charge in [-0.1, -0.05) is 42.5 Å². The van der Waals surface area contributed by atoms with Gasteiger partial charge in [-0.2, -0.15) is 12.6 Å². The zero-order valence-corrected chi connectivity index (χ0v) is 9.21. The Morgan fingerprint density at radius 3 is 2.60 bits per heavy atom. The topological polar surface area (TPSA) is 17.1 Å². The molecule has 0 aromatic heterocycles. The van der Waals surface area contributed by atoms with E-state index in [9.17, 15) is 4.79 Å². The number of benzene rings is 2. The van der Waals surface area contributed by atoms with Crippen LogP contribution in [0.1, 0.15) is 16.8 Å². The van der Waals surface area contributed by atoms with Crippen LogP contribution >= 0.6 is 12.6 Å². The van der Waals surface area contributed by atoms with Crippen molar-refractivity contribution in [3.05, 3.63) is 48.0 Å². The Morgan fingerprint density at radius 2 is 1.80 bits per heavy atom. The lowest BCUT2D eigenvalue weighted by molar-refractivity contribution is 0.0991. The van der Waals surface area contributed by atoms with Crippen molar-refractivity contribution in [3.8, 4) is 0 Å². The summed E-state index contributed by atoms with van der Waals surface area (Å²) < 4.78 is 0. The second kappa shape index (κ2) is 4.49. The van der Waals surface area contributed by atoms with Crippen LogP contribution in [0.4, 0.5) is 0 Å². The number of carbonyl (C=O) groups is 1. The summed E-state index contributed by atoms with van der Waals surface area (Å²) in [6, 6.07) is 13.8. The minimum absolute atomic E-state index is 0.168. The molecule has 0 amide bonds. The number of rotatable bonds is 3. The monoisotopic (exact) mass is 216 g/mol. The molecule has 2 aromatic rings. The summed E-state index contributed by atoms with van der Waals surface area (Å²) in [5.74, 6) is 0.768. The molecule has 0 fully saturated rings. The zero-order valence-electron chi connectivity index (χ0n) is 8.31. The molecule has 0 aliphatic carbocycles. The summed E-state index contributed by atoms with van der Waals surface area (Å²) in [6.45, 7) is 0. The van der Waals surface area contributed by atoms with Gasteiger partial charge in [-0.3, -0.25) is 4.79 Å². The minimum Gasteiger partial charge on any atom is -0.294 e. The van der Waals surface area contributed by atoms with Gasteiger partial charge in [0.15, 0.2) is 5.78 Å². The van der Waals surface area contributed by atoms with Crippen molar-refractivity contribution in [2.75, 3.05) is 5.75 Å². The number of thiol groups is 1. The lowest BCUT2D eigenvalue weighted by atomic mass is 10.0. The first-order valence-electron chi connectivity index (χ1n) is 4.95. The van der Waals surface area contributed by atoms with Crippen molar-refractivity contribution < 1.29 is 4.79 Å². The fourth-order valence-corrected chi connectivity index (χ4v) is 1.91. The molecule has 0 atom stereocenters. The van der Waals surface area contributed by atoms with Crippen LogP contribution in [0.5, 0.6) is 0 Å². The first-order valence-corrected chi connectivity index (χ1v) is 5.58. The highest BCUT2D eigenvalue weighted by atomic mass is 32.1. The highest BCUT2D eigenvalue weighted by Crippen LogP contribution is 2.19. The van der Waals surface area contributed by atoms with Crippen molar-refractivity contribution in [2.24, 2.45) is 0 Å². The Labute approximate surface area is 94.5 Å². The Hall–Kier alpha value is -1.28.